The molecule has 0 aliphatic heterocycles. The van der Waals surface area contributed by atoms with Crippen LogP contribution < -0.4 is 0 Å². The highest BCUT2D eigenvalue weighted by molar-refractivity contribution is 9.10. The summed E-state index contributed by atoms with van der Waals surface area (Å²) >= 11 is 5.04. The fourth-order valence-electron chi connectivity index (χ4n) is 2.53. The van der Waals surface area contributed by atoms with Gasteiger partial charge in [-0.3, -0.25) is 0 Å². The third-order valence-electron chi connectivity index (χ3n) is 3.88. The summed E-state index contributed by atoms with van der Waals surface area (Å²) in [7, 11) is 0. The Morgan fingerprint density at radius 3 is 2.96 bits per heavy atom. The molecule has 0 atom stereocenters. The number of hydrogen-bond acceptors (Lipinski definition) is 6. The van der Waals surface area contributed by atoms with Crippen molar-refractivity contribution in [3.63, 3.8) is 0 Å². The lowest BCUT2D eigenvalue weighted by Gasteiger charge is -2.04. The number of rotatable bonds is 6. The number of aromatic nitrogens is 5. The van der Waals surface area contributed by atoms with Crippen LogP contribution in [0.5, 0.6) is 0 Å². The van der Waals surface area contributed by atoms with Crippen molar-refractivity contribution >= 4 is 27.7 Å². The molecule has 2 heterocycles. The minimum atomic E-state index is 0.587. The molecular weight excluding hydrogens is 390 g/mol. The predicted octanol–water partition coefficient (Wildman–Crippen LogP) is 4.28. The molecule has 1 fully saturated rings. The molecule has 0 N–H and O–H groups in total. The highest BCUT2D eigenvalue weighted by atomic mass is 79.9. The summed E-state index contributed by atoms with van der Waals surface area (Å²) in [6.07, 6.45) is 2.45. The largest absolute Gasteiger partial charge is 0.338 e. The molecule has 0 bridgehead atoms. The summed E-state index contributed by atoms with van der Waals surface area (Å²) in [5, 5.41) is 13.6. The molecule has 1 aromatic carbocycles. The second-order valence-electron chi connectivity index (χ2n) is 5.67. The van der Waals surface area contributed by atoms with Gasteiger partial charge in [-0.25, -0.2) is 0 Å². The summed E-state index contributed by atoms with van der Waals surface area (Å²) in [6, 6.07) is 7.85. The van der Waals surface area contributed by atoms with E-state index in [2.05, 4.69) is 47.8 Å². The Kier molecular flexibility index (Phi) is 4.41. The molecule has 6 nitrogen and oxygen atoms in total. The Labute approximate surface area is 152 Å². The number of halogens is 1. The lowest BCUT2D eigenvalue weighted by Crippen LogP contribution is -2.02. The van der Waals surface area contributed by atoms with E-state index >= 15 is 0 Å². The Morgan fingerprint density at radius 1 is 1.33 bits per heavy atom. The minimum Gasteiger partial charge on any atom is -0.338 e. The van der Waals surface area contributed by atoms with Gasteiger partial charge in [0.1, 0.15) is 5.82 Å². The molecule has 24 heavy (non-hydrogen) atoms. The normalized spacial score (nSPS) is 14.2. The highest BCUT2D eigenvalue weighted by Crippen LogP contribution is 2.40. The van der Waals surface area contributed by atoms with Gasteiger partial charge in [-0.05, 0) is 31.9 Å². The molecule has 1 saturated carbocycles. The molecule has 0 spiro atoms. The Balaban J connectivity index is 1.47. The molecule has 3 aromatic rings. The maximum absolute atomic E-state index is 5.37. The van der Waals surface area contributed by atoms with Crippen LogP contribution in [0, 0.1) is 0 Å². The van der Waals surface area contributed by atoms with E-state index in [1.807, 2.05) is 24.3 Å². The molecular formula is C16H16BrN5OS. The standard InChI is InChI=1S/C16H16BrN5OS/c1-2-22-15(10-6-7-10)19-20-16(22)24-9-13-18-14(21-23-13)11-4-3-5-12(17)8-11/h3-5,8,10H,2,6-7,9H2,1H3. The van der Waals surface area contributed by atoms with Gasteiger partial charge >= 0.3 is 0 Å². The van der Waals surface area contributed by atoms with Crippen LogP contribution >= 0.6 is 27.7 Å². The minimum absolute atomic E-state index is 0.587. The fourth-order valence-corrected chi connectivity index (χ4v) is 3.78. The van der Waals surface area contributed by atoms with Crippen LogP contribution in [0.2, 0.25) is 0 Å². The Hall–Kier alpha value is -1.67. The van der Waals surface area contributed by atoms with Gasteiger partial charge in [0.25, 0.3) is 0 Å². The van der Waals surface area contributed by atoms with Gasteiger partial charge in [0.15, 0.2) is 5.16 Å². The molecule has 0 unspecified atom stereocenters. The first kappa shape index (κ1) is 15.8. The maximum Gasteiger partial charge on any atom is 0.237 e. The van der Waals surface area contributed by atoms with Crippen LogP contribution in [-0.2, 0) is 12.3 Å². The zero-order valence-electron chi connectivity index (χ0n) is 13.1. The summed E-state index contributed by atoms with van der Waals surface area (Å²) in [5.74, 6) is 3.49. The third kappa shape index (κ3) is 3.25. The van der Waals surface area contributed by atoms with E-state index in [1.165, 1.54) is 12.8 Å². The second kappa shape index (κ2) is 6.68. The van der Waals surface area contributed by atoms with Crippen molar-refractivity contribution in [2.45, 2.75) is 43.1 Å². The SMILES string of the molecule is CCn1c(SCc2nc(-c3cccc(Br)c3)no2)nnc1C1CC1. The molecule has 1 aliphatic carbocycles. The van der Waals surface area contributed by atoms with Gasteiger partial charge in [-0.15, -0.1) is 10.2 Å². The molecule has 0 amide bonds. The summed E-state index contributed by atoms with van der Waals surface area (Å²) in [6.45, 7) is 3.01. The fraction of sp³-hybridized carbons (Fsp3) is 0.375. The Bertz CT molecular complexity index is 858. The monoisotopic (exact) mass is 405 g/mol. The number of thioether (sulfide) groups is 1. The molecule has 8 heteroatoms. The van der Waals surface area contributed by atoms with E-state index < -0.39 is 0 Å². The van der Waals surface area contributed by atoms with E-state index in [0.29, 0.717) is 23.4 Å². The van der Waals surface area contributed by atoms with Crippen molar-refractivity contribution in [1.29, 1.82) is 0 Å². The number of benzene rings is 1. The van der Waals surface area contributed by atoms with Gasteiger partial charge < -0.3 is 9.09 Å². The first-order valence-electron chi connectivity index (χ1n) is 7.89. The first-order chi connectivity index (χ1) is 11.7. The lowest BCUT2D eigenvalue weighted by molar-refractivity contribution is 0.391. The summed E-state index contributed by atoms with van der Waals surface area (Å²) in [4.78, 5) is 4.47. The topological polar surface area (TPSA) is 69.6 Å². The molecule has 4 rings (SSSR count). The zero-order chi connectivity index (χ0) is 16.5. The van der Waals surface area contributed by atoms with E-state index in [9.17, 15) is 0 Å². The van der Waals surface area contributed by atoms with Crippen molar-refractivity contribution in [2.75, 3.05) is 0 Å². The molecule has 0 saturated heterocycles. The quantitative estimate of drug-likeness (QED) is 0.569. The summed E-state index contributed by atoms with van der Waals surface area (Å²) in [5.41, 5.74) is 0.928. The van der Waals surface area contributed by atoms with Crippen LogP contribution in [0.3, 0.4) is 0 Å². The van der Waals surface area contributed by atoms with E-state index in [-0.39, 0.29) is 0 Å². The second-order valence-corrected chi connectivity index (χ2v) is 7.53. The summed E-state index contributed by atoms with van der Waals surface area (Å²) < 4.78 is 8.54. The van der Waals surface area contributed by atoms with Crippen LogP contribution in [0.15, 0.2) is 38.4 Å². The number of hydrogen-bond donors (Lipinski definition) is 0. The maximum atomic E-state index is 5.37. The van der Waals surface area contributed by atoms with E-state index in [4.69, 9.17) is 4.52 Å². The van der Waals surface area contributed by atoms with Crippen LogP contribution in [0.1, 0.15) is 37.4 Å². The molecule has 124 valence electrons. The van der Waals surface area contributed by atoms with E-state index in [1.54, 1.807) is 11.8 Å². The van der Waals surface area contributed by atoms with Gasteiger partial charge in [-0.2, -0.15) is 4.98 Å². The van der Waals surface area contributed by atoms with Crippen molar-refractivity contribution < 1.29 is 4.52 Å². The predicted molar refractivity (Wildman–Crippen MR) is 94.7 cm³/mol. The van der Waals surface area contributed by atoms with Crippen molar-refractivity contribution in [2.24, 2.45) is 0 Å². The van der Waals surface area contributed by atoms with Gasteiger partial charge in [-0.1, -0.05) is 45.0 Å². The van der Waals surface area contributed by atoms with Crippen LogP contribution in [-0.4, -0.2) is 24.9 Å². The van der Waals surface area contributed by atoms with Gasteiger partial charge in [0, 0.05) is 22.5 Å². The highest BCUT2D eigenvalue weighted by Gasteiger charge is 2.30. The van der Waals surface area contributed by atoms with Crippen molar-refractivity contribution in [1.82, 2.24) is 24.9 Å². The van der Waals surface area contributed by atoms with Crippen molar-refractivity contribution in [3.8, 4) is 11.4 Å². The van der Waals surface area contributed by atoms with Gasteiger partial charge in [0.05, 0.1) is 5.75 Å². The van der Waals surface area contributed by atoms with Crippen molar-refractivity contribution in [3.05, 3.63) is 40.5 Å². The smallest absolute Gasteiger partial charge is 0.237 e. The average Bonchev–Trinajstić information content (AvgIpc) is 3.18. The van der Waals surface area contributed by atoms with Crippen LogP contribution in [0.25, 0.3) is 11.4 Å². The molecule has 0 radical (unpaired) electrons. The van der Waals surface area contributed by atoms with Gasteiger partial charge in [0.2, 0.25) is 11.7 Å². The molecule has 2 aromatic heterocycles. The Morgan fingerprint density at radius 2 is 2.21 bits per heavy atom. The first-order valence-corrected chi connectivity index (χ1v) is 9.67. The average molecular weight is 406 g/mol. The number of nitrogens with zero attached hydrogens (tertiary/aromatic N) is 5. The zero-order valence-corrected chi connectivity index (χ0v) is 15.5. The van der Waals surface area contributed by atoms with Crippen LogP contribution in [0.4, 0.5) is 0 Å². The lowest BCUT2D eigenvalue weighted by atomic mass is 10.2. The third-order valence-corrected chi connectivity index (χ3v) is 5.32. The van der Waals surface area contributed by atoms with E-state index in [0.717, 1.165) is 27.6 Å². The molecule has 1 aliphatic rings.